The molecule has 0 radical (unpaired) electrons. The maximum absolute atomic E-state index is 6.40. The van der Waals surface area contributed by atoms with Crippen molar-refractivity contribution in [1.29, 1.82) is 0 Å². The highest BCUT2D eigenvalue weighted by Gasteiger charge is 2.12. The van der Waals surface area contributed by atoms with Gasteiger partial charge in [0.2, 0.25) is 0 Å². The van der Waals surface area contributed by atoms with Gasteiger partial charge in [-0.15, -0.1) is 0 Å². The highest BCUT2D eigenvalue weighted by Crippen LogP contribution is 2.40. The van der Waals surface area contributed by atoms with Gasteiger partial charge in [0.25, 0.3) is 0 Å². The monoisotopic (exact) mass is 269 g/mol. The van der Waals surface area contributed by atoms with Gasteiger partial charge in [0.15, 0.2) is 0 Å². The number of benzene rings is 4. The summed E-state index contributed by atoms with van der Waals surface area (Å²) in [7, 11) is 0. The Morgan fingerprint density at radius 3 is 1.43 bits per heavy atom. The lowest BCUT2D eigenvalue weighted by Crippen LogP contribution is -1.93. The maximum atomic E-state index is 6.40. The van der Waals surface area contributed by atoms with E-state index in [4.69, 9.17) is 5.73 Å². The first-order valence-corrected chi connectivity index (χ1v) is 7.10. The third-order valence-electron chi connectivity index (χ3n) is 4.04. The number of rotatable bonds is 1. The minimum absolute atomic E-state index is 0.862. The van der Waals surface area contributed by atoms with Crippen LogP contribution in [0, 0.1) is 0 Å². The smallest absolute Gasteiger partial charge is 0.0473 e. The lowest BCUT2D eigenvalue weighted by atomic mass is 9.91. The SMILES string of the molecule is Nc1c2ccccc2c(-c2ccccc2)c2ccccc12. The van der Waals surface area contributed by atoms with E-state index in [2.05, 4.69) is 60.7 Å². The van der Waals surface area contributed by atoms with Crippen LogP contribution in [0.2, 0.25) is 0 Å². The van der Waals surface area contributed by atoms with E-state index in [0.29, 0.717) is 0 Å². The molecule has 1 heteroatoms. The summed E-state index contributed by atoms with van der Waals surface area (Å²) >= 11 is 0. The lowest BCUT2D eigenvalue weighted by Gasteiger charge is -2.14. The summed E-state index contributed by atoms with van der Waals surface area (Å²) in [5.41, 5.74) is 9.75. The predicted molar refractivity (Wildman–Crippen MR) is 91.3 cm³/mol. The van der Waals surface area contributed by atoms with Gasteiger partial charge in [-0.3, -0.25) is 0 Å². The van der Waals surface area contributed by atoms with Crippen molar-refractivity contribution in [3.8, 4) is 11.1 Å². The molecule has 0 aliphatic rings. The molecule has 100 valence electrons. The van der Waals surface area contributed by atoms with E-state index >= 15 is 0 Å². The summed E-state index contributed by atoms with van der Waals surface area (Å²) in [6.07, 6.45) is 0. The third kappa shape index (κ3) is 1.78. The van der Waals surface area contributed by atoms with Gasteiger partial charge in [0, 0.05) is 16.5 Å². The molecule has 1 nitrogen and oxygen atoms in total. The molecule has 4 aromatic rings. The van der Waals surface area contributed by atoms with Gasteiger partial charge >= 0.3 is 0 Å². The van der Waals surface area contributed by atoms with Crippen LogP contribution in [0.1, 0.15) is 0 Å². The molecule has 0 fully saturated rings. The van der Waals surface area contributed by atoms with E-state index in [9.17, 15) is 0 Å². The topological polar surface area (TPSA) is 26.0 Å². The minimum atomic E-state index is 0.862. The van der Waals surface area contributed by atoms with Crippen molar-refractivity contribution in [2.75, 3.05) is 5.73 Å². The molecule has 2 N–H and O–H groups in total. The molecular weight excluding hydrogens is 254 g/mol. The second-order valence-electron chi connectivity index (χ2n) is 5.25. The van der Waals surface area contributed by atoms with Crippen LogP contribution in [0.4, 0.5) is 5.69 Å². The van der Waals surface area contributed by atoms with Crippen molar-refractivity contribution in [3.05, 3.63) is 78.9 Å². The zero-order valence-corrected chi connectivity index (χ0v) is 11.6. The zero-order chi connectivity index (χ0) is 14.2. The molecule has 0 saturated carbocycles. The summed E-state index contributed by atoms with van der Waals surface area (Å²) in [6.45, 7) is 0. The first-order valence-electron chi connectivity index (χ1n) is 7.10. The Balaban J connectivity index is 2.28. The number of hydrogen-bond donors (Lipinski definition) is 1. The maximum Gasteiger partial charge on any atom is 0.0473 e. The first-order chi connectivity index (χ1) is 10.4. The van der Waals surface area contributed by atoms with Gasteiger partial charge in [-0.05, 0) is 21.9 Å². The van der Waals surface area contributed by atoms with Gasteiger partial charge < -0.3 is 5.73 Å². The largest absolute Gasteiger partial charge is 0.398 e. The number of nitrogens with two attached hydrogens (primary N) is 1. The fraction of sp³-hybridized carbons (Fsp3) is 0. The minimum Gasteiger partial charge on any atom is -0.398 e. The van der Waals surface area contributed by atoms with Crippen molar-refractivity contribution >= 4 is 27.2 Å². The second-order valence-corrected chi connectivity index (χ2v) is 5.25. The lowest BCUT2D eigenvalue weighted by molar-refractivity contribution is 1.67. The number of nitrogen functional groups attached to an aromatic ring is 1. The van der Waals surface area contributed by atoms with E-state index in [1.165, 1.54) is 21.9 Å². The Hall–Kier alpha value is -2.80. The van der Waals surface area contributed by atoms with Crippen LogP contribution in [0.3, 0.4) is 0 Å². The van der Waals surface area contributed by atoms with Crippen molar-refractivity contribution < 1.29 is 0 Å². The van der Waals surface area contributed by atoms with Crippen LogP contribution in [0.25, 0.3) is 32.7 Å². The van der Waals surface area contributed by atoms with Gasteiger partial charge in [0.05, 0.1) is 0 Å². The van der Waals surface area contributed by atoms with E-state index in [-0.39, 0.29) is 0 Å². The summed E-state index contributed by atoms with van der Waals surface area (Å²) in [4.78, 5) is 0. The molecule has 0 amide bonds. The fourth-order valence-corrected chi connectivity index (χ4v) is 3.08. The molecule has 0 spiro atoms. The Morgan fingerprint density at radius 2 is 0.905 bits per heavy atom. The number of fused-ring (bicyclic) bond motifs is 2. The Kier molecular flexibility index (Phi) is 2.65. The molecule has 21 heavy (non-hydrogen) atoms. The molecule has 0 bridgehead atoms. The van der Waals surface area contributed by atoms with Gasteiger partial charge in [-0.25, -0.2) is 0 Å². The molecule has 0 aromatic heterocycles. The first kappa shape index (κ1) is 12.0. The molecule has 0 atom stereocenters. The van der Waals surface area contributed by atoms with Crippen molar-refractivity contribution in [3.63, 3.8) is 0 Å². The van der Waals surface area contributed by atoms with Crippen LogP contribution in [-0.4, -0.2) is 0 Å². The Labute approximate surface area is 123 Å². The van der Waals surface area contributed by atoms with Gasteiger partial charge in [-0.2, -0.15) is 0 Å². The van der Waals surface area contributed by atoms with Crippen LogP contribution in [-0.2, 0) is 0 Å². The van der Waals surface area contributed by atoms with Crippen molar-refractivity contribution in [1.82, 2.24) is 0 Å². The summed E-state index contributed by atoms with van der Waals surface area (Å²) in [5, 5.41) is 4.66. The average Bonchev–Trinajstić information content (AvgIpc) is 2.56. The van der Waals surface area contributed by atoms with Crippen LogP contribution in [0.5, 0.6) is 0 Å². The zero-order valence-electron chi connectivity index (χ0n) is 11.6. The van der Waals surface area contributed by atoms with Gasteiger partial charge in [0.1, 0.15) is 0 Å². The van der Waals surface area contributed by atoms with E-state index < -0.39 is 0 Å². The Morgan fingerprint density at radius 1 is 0.476 bits per heavy atom. The standard InChI is InChI=1S/C20H15N/c21-20-17-12-6-4-10-15(17)19(14-8-2-1-3-9-14)16-11-5-7-13-18(16)20/h1-13H,21H2. The molecular formula is C20H15N. The molecule has 0 saturated heterocycles. The summed E-state index contributed by atoms with van der Waals surface area (Å²) in [5.74, 6) is 0. The number of hydrogen-bond acceptors (Lipinski definition) is 1. The molecule has 0 aliphatic carbocycles. The van der Waals surface area contributed by atoms with Crippen LogP contribution in [0.15, 0.2) is 78.9 Å². The summed E-state index contributed by atoms with van der Waals surface area (Å²) < 4.78 is 0. The van der Waals surface area contributed by atoms with Gasteiger partial charge in [-0.1, -0.05) is 78.9 Å². The van der Waals surface area contributed by atoms with Crippen LogP contribution >= 0.6 is 0 Å². The Bertz CT molecular complexity index is 883. The molecule has 0 aliphatic heterocycles. The highest BCUT2D eigenvalue weighted by atomic mass is 14.6. The normalized spacial score (nSPS) is 11.0. The quantitative estimate of drug-likeness (QED) is 0.371. The fourth-order valence-electron chi connectivity index (χ4n) is 3.08. The number of anilines is 1. The van der Waals surface area contributed by atoms with E-state index in [0.717, 1.165) is 16.5 Å². The molecule has 4 rings (SSSR count). The molecule has 4 aromatic carbocycles. The highest BCUT2D eigenvalue weighted by molar-refractivity contribution is 6.19. The molecule has 0 unspecified atom stereocenters. The predicted octanol–water partition coefficient (Wildman–Crippen LogP) is 5.24. The van der Waals surface area contributed by atoms with E-state index in [1.807, 2.05) is 18.2 Å². The van der Waals surface area contributed by atoms with Crippen molar-refractivity contribution in [2.24, 2.45) is 0 Å². The molecule has 0 heterocycles. The van der Waals surface area contributed by atoms with Crippen LogP contribution < -0.4 is 5.73 Å². The van der Waals surface area contributed by atoms with Crippen molar-refractivity contribution in [2.45, 2.75) is 0 Å². The van der Waals surface area contributed by atoms with E-state index in [1.54, 1.807) is 0 Å². The average molecular weight is 269 g/mol. The second kappa shape index (κ2) is 4.64. The summed E-state index contributed by atoms with van der Waals surface area (Å²) in [6, 6.07) is 27.3. The third-order valence-corrected chi connectivity index (χ3v) is 4.04.